The van der Waals surface area contributed by atoms with Crippen molar-refractivity contribution in [2.24, 2.45) is 11.1 Å². The van der Waals surface area contributed by atoms with Gasteiger partial charge < -0.3 is 10.8 Å². The van der Waals surface area contributed by atoms with Crippen LogP contribution >= 0.6 is 11.3 Å². The van der Waals surface area contributed by atoms with Crippen molar-refractivity contribution in [1.29, 1.82) is 0 Å². The molecule has 1 atom stereocenters. The Balaban J connectivity index is 2.04. The number of aliphatic hydroxyl groups is 1. The third-order valence-corrected chi connectivity index (χ3v) is 6.47. The monoisotopic (exact) mass is 289 g/mol. The predicted octanol–water partition coefficient (Wildman–Crippen LogP) is 4.02. The topological polar surface area (TPSA) is 46.2 Å². The summed E-state index contributed by atoms with van der Waals surface area (Å²) in [4.78, 5) is 1.06. The van der Waals surface area contributed by atoms with E-state index in [2.05, 4.69) is 24.3 Å². The fourth-order valence-corrected chi connectivity index (χ4v) is 4.83. The van der Waals surface area contributed by atoms with E-state index in [1.165, 1.54) is 29.3 Å². The Labute approximate surface area is 124 Å². The van der Waals surface area contributed by atoms with Gasteiger partial charge in [0, 0.05) is 21.5 Å². The first kappa shape index (κ1) is 14.1. The normalized spacial score (nSPS) is 21.8. The minimum atomic E-state index is -0.828. The van der Waals surface area contributed by atoms with Crippen molar-refractivity contribution >= 4 is 21.4 Å². The number of hydrogen-bond donors (Lipinski definition) is 2. The summed E-state index contributed by atoms with van der Waals surface area (Å²) in [7, 11) is 0. The molecule has 0 aliphatic heterocycles. The molecule has 0 bridgehead atoms. The van der Waals surface area contributed by atoms with Crippen LogP contribution in [0, 0.1) is 5.41 Å². The largest absolute Gasteiger partial charge is 0.384 e. The van der Waals surface area contributed by atoms with E-state index in [-0.39, 0.29) is 5.41 Å². The average molecular weight is 289 g/mol. The van der Waals surface area contributed by atoms with E-state index in [1.54, 1.807) is 11.3 Å². The van der Waals surface area contributed by atoms with Gasteiger partial charge in [-0.25, -0.2) is 0 Å². The summed E-state index contributed by atoms with van der Waals surface area (Å²) in [6, 6.07) is 10.5. The SMILES string of the molecule is CC(O)(c1cc2ccccc2s1)C1(CN)CCCCC1. The van der Waals surface area contributed by atoms with E-state index in [0.29, 0.717) is 6.54 Å². The molecule has 3 N–H and O–H groups in total. The fraction of sp³-hybridized carbons (Fsp3) is 0.529. The average Bonchev–Trinajstić information content (AvgIpc) is 2.92. The molecule has 3 rings (SSSR count). The van der Waals surface area contributed by atoms with Crippen molar-refractivity contribution in [1.82, 2.24) is 0 Å². The molecule has 2 nitrogen and oxygen atoms in total. The van der Waals surface area contributed by atoms with Gasteiger partial charge in [0.05, 0.1) is 0 Å². The summed E-state index contributed by atoms with van der Waals surface area (Å²) in [5.74, 6) is 0. The molecular formula is C17H23NOS. The third kappa shape index (κ3) is 2.09. The lowest BCUT2D eigenvalue weighted by Gasteiger charge is -2.47. The van der Waals surface area contributed by atoms with Crippen LogP contribution < -0.4 is 5.73 Å². The second-order valence-corrected chi connectivity index (χ2v) is 7.35. The van der Waals surface area contributed by atoms with Crippen LogP contribution in [-0.2, 0) is 5.60 Å². The van der Waals surface area contributed by atoms with E-state index in [4.69, 9.17) is 5.73 Å². The molecule has 2 aromatic rings. The van der Waals surface area contributed by atoms with E-state index >= 15 is 0 Å². The molecule has 0 spiro atoms. The summed E-state index contributed by atoms with van der Waals surface area (Å²) in [5.41, 5.74) is 5.11. The zero-order valence-electron chi connectivity index (χ0n) is 12.1. The Bertz CT molecular complexity index is 563. The van der Waals surface area contributed by atoms with Gasteiger partial charge in [-0.3, -0.25) is 0 Å². The van der Waals surface area contributed by atoms with Crippen LogP contribution in [0.4, 0.5) is 0 Å². The highest BCUT2D eigenvalue weighted by atomic mass is 32.1. The molecule has 20 heavy (non-hydrogen) atoms. The minimum Gasteiger partial charge on any atom is -0.384 e. The Morgan fingerprint density at radius 2 is 1.95 bits per heavy atom. The van der Waals surface area contributed by atoms with E-state index < -0.39 is 5.60 Å². The molecule has 3 heteroatoms. The highest BCUT2D eigenvalue weighted by Crippen LogP contribution is 2.51. The predicted molar refractivity (Wildman–Crippen MR) is 86.0 cm³/mol. The highest BCUT2D eigenvalue weighted by molar-refractivity contribution is 7.19. The lowest BCUT2D eigenvalue weighted by atomic mass is 9.63. The van der Waals surface area contributed by atoms with Crippen LogP contribution in [-0.4, -0.2) is 11.7 Å². The van der Waals surface area contributed by atoms with Gasteiger partial charge >= 0.3 is 0 Å². The molecule has 1 unspecified atom stereocenters. The number of thiophene rings is 1. The van der Waals surface area contributed by atoms with Gasteiger partial charge in [0.1, 0.15) is 5.60 Å². The van der Waals surface area contributed by atoms with Crippen molar-refractivity contribution in [2.75, 3.05) is 6.54 Å². The van der Waals surface area contributed by atoms with E-state index in [9.17, 15) is 5.11 Å². The maximum absolute atomic E-state index is 11.3. The lowest BCUT2D eigenvalue weighted by molar-refractivity contribution is -0.0891. The molecular weight excluding hydrogens is 266 g/mol. The quantitative estimate of drug-likeness (QED) is 0.896. The molecule has 1 fully saturated rings. The van der Waals surface area contributed by atoms with E-state index in [0.717, 1.165) is 17.7 Å². The molecule has 1 aliphatic rings. The second kappa shape index (κ2) is 5.14. The van der Waals surface area contributed by atoms with Gasteiger partial charge in [0.25, 0.3) is 0 Å². The smallest absolute Gasteiger partial charge is 0.103 e. The van der Waals surface area contributed by atoms with Crippen LogP contribution in [0.5, 0.6) is 0 Å². The number of nitrogens with two attached hydrogens (primary N) is 1. The fourth-order valence-electron chi connectivity index (χ4n) is 3.60. The molecule has 1 aromatic heterocycles. The number of fused-ring (bicyclic) bond motifs is 1. The van der Waals surface area contributed by atoms with Crippen molar-refractivity contribution in [3.05, 3.63) is 35.2 Å². The number of hydrogen-bond acceptors (Lipinski definition) is 3. The van der Waals surface area contributed by atoms with Crippen molar-refractivity contribution in [3.63, 3.8) is 0 Å². The summed E-state index contributed by atoms with van der Waals surface area (Å²) < 4.78 is 1.24. The highest BCUT2D eigenvalue weighted by Gasteiger charge is 2.48. The van der Waals surface area contributed by atoms with Crippen LogP contribution in [0.2, 0.25) is 0 Å². The minimum absolute atomic E-state index is 0.161. The van der Waals surface area contributed by atoms with Crippen LogP contribution in [0.3, 0.4) is 0 Å². The first-order chi connectivity index (χ1) is 9.59. The molecule has 1 aromatic carbocycles. The lowest BCUT2D eigenvalue weighted by Crippen LogP contribution is -2.49. The van der Waals surface area contributed by atoms with Gasteiger partial charge in [-0.2, -0.15) is 0 Å². The van der Waals surface area contributed by atoms with Gasteiger partial charge in [-0.1, -0.05) is 37.5 Å². The molecule has 1 heterocycles. The summed E-state index contributed by atoms with van der Waals surface area (Å²) in [6.45, 7) is 2.53. The standard InChI is InChI=1S/C17H23NOS/c1-16(19,17(12-18)9-5-2-6-10-17)15-11-13-7-3-4-8-14(13)20-15/h3-4,7-8,11,19H,2,5-6,9-10,12,18H2,1H3. The van der Waals surface area contributed by atoms with Crippen molar-refractivity contribution in [3.8, 4) is 0 Å². The van der Waals surface area contributed by atoms with Gasteiger partial charge in [-0.05, 0) is 37.3 Å². The van der Waals surface area contributed by atoms with Crippen molar-refractivity contribution in [2.45, 2.75) is 44.6 Å². The van der Waals surface area contributed by atoms with Gasteiger partial charge in [0.2, 0.25) is 0 Å². The molecule has 1 aliphatic carbocycles. The molecule has 0 amide bonds. The van der Waals surface area contributed by atoms with Crippen LogP contribution in [0.1, 0.15) is 43.9 Å². The molecule has 0 saturated heterocycles. The summed E-state index contributed by atoms with van der Waals surface area (Å²) in [6.07, 6.45) is 5.69. The Morgan fingerprint density at radius 1 is 1.25 bits per heavy atom. The summed E-state index contributed by atoms with van der Waals surface area (Å²) >= 11 is 1.71. The summed E-state index contributed by atoms with van der Waals surface area (Å²) in [5, 5.41) is 12.5. The van der Waals surface area contributed by atoms with Gasteiger partial charge in [-0.15, -0.1) is 11.3 Å². The third-order valence-electron chi connectivity index (χ3n) is 5.14. The Hall–Kier alpha value is -0.900. The molecule has 108 valence electrons. The molecule has 1 saturated carbocycles. The Morgan fingerprint density at radius 3 is 2.60 bits per heavy atom. The van der Waals surface area contributed by atoms with E-state index in [1.807, 2.05) is 13.0 Å². The maximum Gasteiger partial charge on any atom is 0.103 e. The number of rotatable bonds is 3. The first-order valence-corrected chi connectivity index (χ1v) is 8.32. The zero-order chi connectivity index (χ0) is 14.2. The van der Waals surface area contributed by atoms with Crippen LogP contribution in [0.25, 0.3) is 10.1 Å². The van der Waals surface area contributed by atoms with Crippen molar-refractivity contribution < 1.29 is 5.11 Å². The van der Waals surface area contributed by atoms with Gasteiger partial charge in [0.15, 0.2) is 0 Å². The van der Waals surface area contributed by atoms with Crippen LogP contribution in [0.15, 0.2) is 30.3 Å². The number of benzene rings is 1. The Kier molecular flexibility index (Phi) is 3.61. The zero-order valence-corrected chi connectivity index (χ0v) is 12.9. The molecule has 0 radical (unpaired) electrons. The maximum atomic E-state index is 11.3. The second-order valence-electron chi connectivity index (χ2n) is 6.27. The first-order valence-electron chi connectivity index (χ1n) is 7.51.